The fourth-order valence-corrected chi connectivity index (χ4v) is 2.10. The Morgan fingerprint density at radius 3 is 2.62 bits per heavy atom. The normalized spacial score (nSPS) is 10.6. The second-order valence-electron chi connectivity index (χ2n) is 5.04. The van der Waals surface area contributed by atoms with Crippen LogP contribution in [-0.4, -0.2) is 6.54 Å². The number of ether oxygens (including phenoxy) is 1. The molecule has 2 nitrogen and oxygen atoms in total. The first kappa shape index (κ1) is 15.5. The van der Waals surface area contributed by atoms with Crippen molar-refractivity contribution in [2.24, 2.45) is 0 Å². The molecule has 2 aromatic carbocycles. The fourth-order valence-electron chi connectivity index (χ4n) is 2.10. The van der Waals surface area contributed by atoms with Gasteiger partial charge < -0.3 is 10.1 Å². The zero-order chi connectivity index (χ0) is 15.1. The Kier molecular flexibility index (Phi) is 5.76. The van der Waals surface area contributed by atoms with Crippen molar-refractivity contribution in [1.29, 1.82) is 0 Å². The van der Waals surface area contributed by atoms with Gasteiger partial charge >= 0.3 is 0 Å². The summed E-state index contributed by atoms with van der Waals surface area (Å²) in [6.07, 6.45) is 2.00. The molecular formula is C18H22FNO. The minimum absolute atomic E-state index is 0.266. The van der Waals surface area contributed by atoms with Gasteiger partial charge in [-0.3, -0.25) is 0 Å². The van der Waals surface area contributed by atoms with Crippen molar-refractivity contribution in [3.8, 4) is 11.5 Å². The lowest BCUT2D eigenvalue weighted by atomic mass is 10.1. The third-order valence-electron chi connectivity index (χ3n) is 3.29. The number of nitrogens with one attached hydrogen (secondary N) is 1. The maximum Gasteiger partial charge on any atom is 0.166 e. The van der Waals surface area contributed by atoms with Crippen molar-refractivity contribution < 1.29 is 9.13 Å². The molecule has 0 bridgehead atoms. The largest absolute Gasteiger partial charge is 0.454 e. The average molecular weight is 287 g/mol. The van der Waals surface area contributed by atoms with Gasteiger partial charge in [0.2, 0.25) is 0 Å². The number of halogens is 1. The van der Waals surface area contributed by atoms with Crippen LogP contribution in [0.5, 0.6) is 11.5 Å². The van der Waals surface area contributed by atoms with Gasteiger partial charge in [-0.25, -0.2) is 4.39 Å². The standard InChI is InChI=1S/C18H22FNO/c1-3-10-20-13-15-8-9-18(17(19)12-15)21-16-7-5-6-14(4-2)11-16/h5-9,11-12,20H,3-4,10,13H2,1-2H3. The summed E-state index contributed by atoms with van der Waals surface area (Å²) in [5.41, 5.74) is 2.10. The highest BCUT2D eigenvalue weighted by Gasteiger charge is 2.06. The van der Waals surface area contributed by atoms with Crippen LogP contribution in [0.2, 0.25) is 0 Å². The van der Waals surface area contributed by atoms with Gasteiger partial charge in [-0.05, 0) is 54.8 Å². The van der Waals surface area contributed by atoms with E-state index in [-0.39, 0.29) is 11.6 Å². The van der Waals surface area contributed by atoms with Crippen molar-refractivity contribution in [2.45, 2.75) is 33.2 Å². The molecule has 2 rings (SSSR count). The number of aryl methyl sites for hydroxylation is 1. The molecule has 112 valence electrons. The second-order valence-corrected chi connectivity index (χ2v) is 5.04. The summed E-state index contributed by atoms with van der Waals surface area (Å²) < 4.78 is 19.7. The van der Waals surface area contributed by atoms with Gasteiger partial charge in [0.25, 0.3) is 0 Å². The summed E-state index contributed by atoms with van der Waals surface area (Å²) in [4.78, 5) is 0. The first-order valence-electron chi connectivity index (χ1n) is 7.49. The summed E-state index contributed by atoms with van der Waals surface area (Å²) in [5, 5.41) is 3.26. The van der Waals surface area contributed by atoms with Gasteiger partial charge in [-0.1, -0.05) is 32.0 Å². The Morgan fingerprint density at radius 2 is 1.90 bits per heavy atom. The van der Waals surface area contributed by atoms with Crippen molar-refractivity contribution in [3.63, 3.8) is 0 Å². The van der Waals surface area contributed by atoms with Crippen LogP contribution in [-0.2, 0) is 13.0 Å². The lowest BCUT2D eigenvalue weighted by Gasteiger charge is -2.10. The summed E-state index contributed by atoms with van der Waals surface area (Å²) in [7, 11) is 0. The second kappa shape index (κ2) is 7.79. The molecular weight excluding hydrogens is 265 g/mol. The summed E-state index contributed by atoms with van der Waals surface area (Å²) in [6.45, 7) is 5.80. The van der Waals surface area contributed by atoms with Crippen LogP contribution in [0, 0.1) is 5.82 Å². The van der Waals surface area contributed by atoms with Crippen LogP contribution in [0.3, 0.4) is 0 Å². The van der Waals surface area contributed by atoms with E-state index in [1.54, 1.807) is 6.07 Å². The van der Waals surface area contributed by atoms with Gasteiger partial charge in [-0.15, -0.1) is 0 Å². The van der Waals surface area contributed by atoms with Crippen molar-refractivity contribution in [2.75, 3.05) is 6.54 Å². The maximum absolute atomic E-state index is 14.1. The third-order valence-corrected chi connectivity index (χ3v) is 3.29. The molecule has 0 spiro atoms. The summed E-state index contributed by atoms with van der Waals surface area (Å²) in [6, 6.07) is 12.9. The molecule has 0 radical (unpaired) electrons. The van der Waals surface area contributed by atoms with Gasteiger partial charge in [0.05, 0.1) is 0 Å². The fraction of sp³-hybridized carbons (Fsp3) is 0.333. The van der Waals surface area contributed by atoms with E-state index in [9.17, 15) is 4.39 Å². The summed E-state index contributed by atoms with van der Waals surface area (Å²) in [5.74, 6) is 0.611. The van der Waals surface area contributed by atoms with E-state index >= 15 is 0 Å². The highest BCUT2D eigenvalue weighted by atomic mass is 19.1. The van der Waals surface area contributed by atoms with Gasteiger partial charge in [-0.2, -0.15) is 0 Å². The zero-order valence-corrected chi connectivity index (χ0v) is 12.7. The molecule has 0 heterocycles. The molecule has 3 heteroatoms. The van der Waals surface area contributed by atoms with Gasteiger partial charge in [0, 0.05) is 6.54 Å². The predicted molar refractivity (Wildman–Crippen MR) is 84.3 cm³/mol. The molecule has 1 N–H and O–H groups in total. The van der Waals surface area contributed by atoms with Gasteiger partial charge in [0.15, 0.2) is 11.6 Å². The van der Waals surface area contributed by atoms with Crippen LogP contribution in [0.15, 0.2) is 42.5 Å². The maximum atomic E-state index is 14.1. The zero-order valence-electron chi connectivity index (χ0n) is 12.7. The Balaban J connectivity index is 2.06. The Hall–Kier alpha value is -1.87. The monoisotopic (exact) mass is 287 g/mol. The Morgan fingerprint density at radius 1 is 1.05 bits per heavy atom. The highest BCUT2D eigenvalue weighted by Crippen LogP contribution is 2.26. The third kappa shape index (κ3) is 4.57. The Bertz CT molecular complexity index is 583. The highest BCUT2D eigenvalue weighted by molar-refractivity contribution is 5.36. The van der Waals surface area contributed by atoms with E-state index in [2.05, 4.69) is 19.2 Å². The molecule has 0 aliphatic rings. The summed E-state index contributed by atoms with van der Waals surface area (Å²) >= 11 is 0. The number of benzene rings is 2. The molecule has 0 amide bonds. The molecule has 0 atom stereocenters. The molecule has 0 aliphatic carbocycles. The first-order chi connectivity index (χ1) is 10.2. The minimum atomic E-state index is -0.326. The lowest BCUT2D eigenvalue weighted by molar-refractivity contribution is 0.441. The molecule has 21 heavy (non-hydrogen) atoms. The molecule has 0 saturated carbocycles. The van der Waals surface area contributed by atoms with Crippen LogP contribution < -0.4 is 10.1 Å². The first-order valence-corrected chi connectivity index (χ1v) is 7.49. The van der Waals surface area contributed by atoms with E-state index in [4.69, 9.17) is 4.74 Å². The topological polar surface area (TPSA) is 21.3 Å². The van der Waals surface area contributed by atoms with E-state index in [1.807, 2.05) is 30.3 Å². The van der Waals surface area contributed by atoms with Crippen molar-refractivity contribution >= 4 is 0 Å². The molecule has 0 unspecified atom stereocenters. The lowest BCUT2D eigenvalue weighted by Crippen LogP contribution is -2.13. The van der Waals surface area contributed by atoms with E-state index in [1.165, 1.54) is 11.6 Å². The Labute approximate surface area is 126 Å². The van der Waals surface area contributed by atoms with Crippen molar-refractivity contribution in [3.05, 3.63) is 59.4 Å². The molecule has 0 aromatic heterocycles. The van der Waals surface area contributed by atoms with E-state index in [0.29, 0.717) is 12.3 Å². The van der Waals surface area contributed by atoms with Crippen LogP contribution >= 0.6 is 0 Å². The quantitative estimate of drug-likeness (QED) is 0.747. The number of hydrogen-bond donors (Lipinski definition) is 1. The average Bonchev–Trinajstić information content (AvgIpc) is 2.50. The van der Waals surface area contributed by atoms with Gasteiger partial charge in [0.1, 0.15) is 5.75 Å². The molecule has 0 fully saturated rings. The van der Waals surface area contributed by atoms with Crippen LogP contribution in [0.1, 0.15) is 31.4 Å². The minimum Gasteiger partial charge on any atom is -0.454 e. The molecule has 0 aliphatic heterocycles. The van der Waals surface area contributed by atoms with Crippen LogP contribution in [0.25, 0.3) is 0 Å². The van der Waals surface area contributed by atoms with Crippen molar-refractivity contribution in [1.82, 2.24) is 5.32 Å². The van der Waals surface area contributed by atoms with E-state index in [0.717, 1.165) is 24.9 Å². The predicted octanol–water partition coefficient (Wildman–Crippen LogP) is 4.68. The molecule has 2 aromatic rings. The molecule has 0 saturated heterocycles. The number of hydrogen-bond acceptors (Lipinski definition) is 2. The van der Waals surface area contributed by atoms with Crippen LogP contribution in [0.4, 0.5) is 4.39 Å². The number of rotatable bonds is 7. The van der Waals surface area contributed by atoms with E-state index < -0.39 is 0 Å². The smallest absolute Gasteiger partial charge is 0.166 e. The SMILES string of the molecule is CCCNCc1ccc(Oc2cccc(CC)c2)c(F)c1.